The van der Waals surface area contributed by atoms with Crippen molar-refractivity contribution in [3.63, 3.8) is 0 Å². The van der Waals surface area contributed by atoms with Crippen molar-refractivity contribution in [1.29, 1.82) is 0 Å². The van der Waals surface area contributed by atoms with Crippen LogP contribution < -0.4 is 0 Å². The third-order valence-electron chi connectivity index (χ3n) is 11.0. The van der Waals surface area contributed by atoms with Gasteiger partial charge >= 0.3 is 0 Å². The van der Waals surface area contributed by atoms with E-state index in [1.165, 1.54) is 86.9 Å². The van der Waals surface area contributed by atoms with E-state index in [1.807, 2.05) is 11.3 Å². The number of hydrogen-bond acceptors (Lipinski definition) is 1. The molecule has 3 aliphatic carbocycles. The van der Waals surface area contributed by atoms with E-state index in [-0.39, 0.29) is 0 Å². The zero-order chi connectivity index (χ0) is 29.3. The van der Waals surface area contributed by atoms with E-state index in [4.69, 9.17) is 0 Å². The lowest BCUT2D eigenvalue weighted by molar-refractivity contribution is 0.633. The maximum atomic E-state index is 2.55. The van der Waals surface area contributed by atoms with E-state index in [2.05, 4.69) is 158 Å². The molecule has 2 spiro atoms. The second kappa shape index (κ2) is 8.27. The SMILES string of the molecule is c1ccc2c(c1)-c1ccccc1C21c2ccccc2C2(c3ccccc3-c3cc4sc5ccccc5c4cc32)c2ccccc21. The Kier molecular flexibility index (Phi) is 4.43. The lowest BCUT2D eigenvalue weighted by Gasteiger charge is -2.48. The first-order valence-corrected chi connectivity index (χ1v) is 16.6. The minimum Gasteiger partial charge on any atom is -0.135 e. The van der Waals surface area contributed by atoms with Gasteiger partial charge in [-0.05, 0) is 85.0 Å². The Labute approximate surface area is 265 Å². The van der Waals surface area contributed by atoms with Gasteiger partial charge in [0, 0.05) is 20.2 Å². The van der Waals surface area contributed by atoms with Gasteiger partial charge in [-0.15, -0.1) is 11.3 Å². The Morgan fingerprint density at radius 2 is 0.689 bits per heavy atom. The maximum absolute atomic E-state index is 2.55. The van der Waals surface area contributed by atoms with Crippen molar-refractivity contribution in [2.24, 2.45) is 0 Å². The predicted molar refractivity (Wildman–Crippen MR) is 187 cm³/mol. The standard InChI is InChI=1S/C44H26S/c1-5-17-33-27(13-1)28-14-2-6-18-34(28)43(33)36-20-8-10-22-38(36)44(39-23-11-9-21-37(39)43)35-19-7-3-15-29(35)31-26-42-32(25-40(31)44)30-16-4-12-24-41(30)45-42/h1-26H. The third kappa shape index (κ3) is 2.64. The van der Waals surface area contributed by atoms with Gasteiger partial charge < -0.3 is 0 Å². The summed E-state index contributed by atoms with van der Waals surface area (Å²) < 4.78 is 2.70. The largest absolute Gasteiger partial charge is 0.135 e. The van der Waals surface area contributed by atoms with Crippen LogP contribution in [0.15, 0.2) is 158 Å². The summed E-state index contributed by atoms with van der Waals surface area (Å²) in [5.74, 6) is 0. The Hall–Kier alpha value is -5.24. The molecule has 0 unspecified atom stereocenters. The topological polar surface area (TPSA) is 0 Å². The molecule has 45 heavy (non-hydrogen) atoms. The van der Waals surface area contributed by atoms with Crippen molar-refractivity contribution < 1.29 is 0 Å². The molecule has 0 bridgehead atoms. The van der Waals surface area contributed by atoms with E-state index < -0.39 is 10.8 Å². The summed E-state index contributed by atoms with van der Waals surface area (Å²) in [6, 6.07) is 60.0. The van der Waals surface area contributed by atoms with Crippen molar-refractivity contribution >= 4 is 31.5 Å². The molecule has 0 saturated carbocycles. The van der Waals surface area contributed by atoms with Crippen molar-refractivity contribution in [1.82, 2.24) is 0 Å². The molecule has 11 rings (SSSR count). The molecule has 0 atom stereocenters. The molecule has 3 aliphatic rings. The smallest absolute Gasteiger partial charge is 0.0720 e. The van der Waals surface area contributed by atoms with Gasteiger partial charge in [-0.3, -0.25) is 0 Å². The molecule has 1 heteroatoms. The van der Waals surface area contributed by atoms with Gasteiger partial charge in [0.2, 0.25) is 0 Å². The highest BCUT2D eigenvalue weighted by Crippen LogP contribution is 2.67. The van der Waals surface area contributed by atoms with E-state index in [0.29, 0.717) is 0 Å². The highest BCUT2D eigenvalue weighted by atomic mass is 32.1. The third-order valence-corrected chi connectivity index (χ3v) is 12.1. The van der Waals surface area contributed by atoms with Crippen molar-refractivity contribution in [2.45, 2.75) is 10.8 Å². The Balaban J connectivity index is 1.36. The van der Waals surface area contributed by atoms with E-state index in [1.54, 1.807) is 0 Å². The quantitative estimate of drug-likeness (QED) is 0.166. The fourth-order valence-electron chi connectivity index (χ4n) is 9.45. The average molecular weight is 587 g/mol. The molecular formula is C44H26S. The first-order chi connectivity index (χ1) is 22.3. The zero-order valence-electron chi connectivity index (χ0n) is 24.4. The van der Waals surface area contributed by atoms with Crippen LogP contribution in [0.25, 0.3) is 42.4 Å². The average Bonchev–Trinajstić information content (AvgIpc) is 3.72. The van der Waals surface area contributed by atoms with Gasteiger partial charge in [-0.1, -0.05) is 140 Å². The number of thiophene rings is 1. The van der Waals surface area contributed by atoms with Crippen LogP contribution in [0.4, 0.5) is 0 Å². The second-order valence-corrected chi connectivity index (χ2v) is 13.8. The first kappa shape index (κ1) is 24.1. The van der Waals surface area contributed by atoms with Crippen LogP contribution in [0.5, 0.6) is 0 Å². The second-order valence-electron chi connectivity index (χ2n) is 12.7. The zero-order valence-corrected chi connectivity index (χ0v) is 25.2. The van der Waals surface area contributed by atoms with Crippen LogP contribution in [-0.2, 0) is 10.8 Å². The van der Waals surface area contributed by atoms with Crippen LogP contribution in [0, 0.1) is 0 Å². The van der Waals surface area contributed by atoms with E-state index >= 15 is 0 Å². The van der Waals surface area contributed by atoms with Gasteiger partial charge in [-0.25, -0.2) is 0 Å². The minimum atomic E-state index is -0.436. The summed E-state index contributed by atoms with van der Waals surface area (Å²) >= 11 is 1.91. The normalized spacial score (nSPS) is 15.5. The summed E-state index contributed by atoms with van der Waals surface area (Å²) in [6.07, 6.45) is 0. The summed E-state index contributed by atoms with van der Waals surface area (Å²) in [7, 11) is 0. The summed E-state index contributed by atoms with van der Waals surface area (Å²) in [5.41, 5.74) is 15.6. The van der Waals surface area contributed by atoms with Crippen LogP contribution in [-0.4, -0.2) is 0 Å². The number of rotatable bonds is 0. The Bertz CT molecular complexity index is 2470. The van der Waals surface area contributed by atoms with Gasteiger partial charge in [0.25, 0.3) is 0 Å². The molecule has 0 aliphatic heterocycles. The fraction of sp³-hybridized carbons (Fsp3) is 0.0455. The molecule has 0 nitrogen and oxygen atoms in total. The molecule has 0 amide bonds. The molecule has 0 N–H and O–H groups in total. The van der Waals surface area contributed by atoms with Crippen LogP contribution >= 0.6 is 11.3 Å². The van der Waals surface area contributed by atoms with Gasteiger partial charge in [0.1, 0.15) is 0 Å². The van der Waals surface area contributed by atoms with Crippen LogP contribution in [0.3, 0.4) is 0 Å². The molecular weight excluding hydrogens is 561 g/mol. The Morgan fingerprint density at radius 3 is 1.22 bits per heavy atom. The monoisotopic (exact) mass is 586 g/mol. The Morgan fingerprint density at radius 1 is 0.289 bits per heavy atom. The number of benzene rings is 7. The summed E-state index contributed by atoms with van der Waals surface area (Å²) in [4.78, 5) is 0. The predicted octanol–water partition coefficient (Wildman–Crippen LogP) is 11.1. The van der Waals surface area contributed by atoms with Gasteiger partial charge in [0.05, 0.1) is 10.8 Å². The minimum absolute atomic E-state index is 0.400. The number of fused-ring (bicyclic) bond motifs is 19. The van der Waals surface area contributed by atoms with Crippen molar-refractivity contribution in [3.8, 4) is 22.3 Å². The maximum Gasteiger partial charge on any atom is 0.0720 e. The number of hydrogen-bond donors (Lipinski definition) is 0. The first-order valence-electron chi connectivity index (χ1n) is 15.8. The van der Waals surface area contributed by atoms with E-state index in [9.17, 15) is 0 Å². The van der Waals surface area contributed by atoms with Crippen LogP contribution in [0.1, 0.15) is 44.5 Å². The lowest BCUT2D eigenvalue weighted by atomic mass is 9.52. The lowest BCUT2D eigenvalue weighted by Crippen LogP contribution is -2.43. The van der Waals surface area contributed by atoms with E-state index in [0.717, 1.165) is 0 Å². The molecule has 0 saturated heterocycles. The van der Waals surface area contributed by atoms with Gasteiger partial charge in [-0.2, -0.15) is 0 Å². The molecule has 0 fully saturated rings. The summed E-state index contributed by atoms with van der Waals surface area (Å²) in [6.45, 7) is 0. The fourth-order valence-corrected chi connectivity index (χ4v) is 10.6. The molecule has 8 aromatic rings. The summed E-state index contributed by atoms with van der Waals surface area (Å²) in [5, 5.41) is 2.70. The van der Waals surface area contributed by atoms with Crippen molar-refractivity contribution in [2.75, 3.05) is 0 Å². The highest BCUT2D eigenvalue weighted by Gasteiger charge is 2.58. The molecule has 1 aromatic heterocycles. The van der Waals surface area contributed by atoms with Gasteiger partial charge in [0.15, 0.2) is 0 Å². The molecule has 0 radical (unpaired) electrons. The van der Waals surface area contributed by atoms with Crippen LogP contribution in [0.2, 0.25) is 0 Å². The molecule has 7 aromatic carbocycles. The molecule has 208 valence electrons. The highest BCUT2D eigenvalue weighted by molar-refractivity contribution is 7.25. The molecule has 1 heterocycles. The van der Waals surface area contributed by atoms with Crippen molar-refractivity contribution in [3.05, 3.63) is 202 Å².